The molecule has 7 nitrogen and oxygen atoms in total. The lowest BCUT2D eigenvalue weighted by molar-refractivity contribution is -0.122. The van der Waals surface area contributed by atoms with Crippen molar-refractivity contribution in [2.24, 2.45) is 0 Å². The van der Waals surface area contributed by atoms with E-state index in [-0.39, 0.29) is 24.8 Å². The molecule has 1 aromatic heterocycles. The van der Waals surface area contributed by atoms with Crippen LogP contribution in [0.25, 0.3) is 11.3 Å². The Labute approximate surface area is 185 Å². The zero-order valence-electron chi connectivity index (χ0n) is 17.5. The number of carbonyl (C=O) groups is 2. The molecule has 0 spiro atoms. The molecule has 0 radical (unpaired) electrons. The number of nitrogens with one attached hydrogen (secondary N) is 2. The van der Waals surface area contributed by atoms with Crippen molar-refractivity contribution in [3.8, 4) is 11.3 Å². The van der Waals surface area contributed by atoms with Gasteiger partial charge in [0.25, 0.3) is 5.91 Å². The maximum absolute atomic E-state index is 12.9. The molecular formula is C23H24ClN3O4. The number of anilines is 1. The largest absolute Gasteiger partial charge is 0.394 e. The van der Waals surface area contributed by atoms with E-state index >= 15 is 0 Å². The maximum atomic E-state index is 12.9. The molecular weight excluding hydrogens is 418 g/mol. The lowest BCUT2D eigenvalue weighted by atomic mass is 10.0. The molecule has 0 saturated carbocycles. The van der Waals surface area contributed by atoms with Crippen LogP contribution < -0.4 is 10.6 Å². The molecule has 0 unspecified atom stereocenters. The molecule has 8 heteroatoms. The molecule has 0 saturated heterocycles. The highest BCUT2D eigenvalue weighted by Crippen LogP contribution is 2.31. The summed E-state index contributed by atoms with van der Waals surface area (Å²) >= 11 is 6.25. The second kappa shape index (κ2) is 9.32. The number of hydrogen-bond acceptors (Lipinski definition) is 5. The monoisotopic (exact) mass is 441 g/mol. The number of carbonyl (C=O) groups excluding carboxylic acids is 2. The number of nitrogens with zero attached hydrogens (tertiary/aromatic N) is 1. The Morgan fingerprint density at radius 2 is 1.81 bits per heavy atom. The van der Waals surface area contributed by atoms with Crippen LogP contribution in [0, 0.1) is 6.92 Å². The smallest absolute Gasteiger partial charge is 0.261 e. The molecule has 0 aliphatic rings. The summed E-state index contributed by atoms with van der Waals surface area (Å²) in [6, 6.07) is 14.1. The van der Waals surface area contributed by atoms with Crippen LogP contribution in [-0.4, -0.2) is 34.2 Å². The number of halogens is 1. The fourth-order valence-electron chi connectivity index (χ4n) is 3.02. The van der Waals surface area contributed by atoms with E-state index in [0.29, 0.717) is 33.3 Å². The predicted octanol–water partition coefficient (Wildman–Crippen LogP) is 3.99. The van der Waals surface area contributed by atoms with E-state index in [2.05, 4.69) is 15.8 Å². The van der Waals surface area contributed by atoms with Gasteiger partial charge < -0.3 is 20.3 Å². The van der Waals surface area contributed by atoms with Crippen molar-refractivity contribution in [3.05, 3.63) is 70.4 Å². The van der Waals surface area contributed by atoms with Crippen LogP contribution >= 0.6 is 11.6 Å². The van der Waals surface area contributed by atoms with E-state index in [1.165, 1.54) is 0 Å². The average molecular weight is 442 g/mol. The Balaban J connectivity index is 1.72. The topological polar surface area (TPSA) is 104 Å². The van der Waals surface area contributed by atoms with Crippen molar-refractivity contribution in [2.75, 3.05) is 11.9 Å². The minimum absolute atomic E-state index is 0.151. The second-order valence-electron chi connectivity index (χ2n) is 7.86. The average Bonchev–Trinajstić information content (AvgIpc) is 3.10. The summed E-state index contributed by atoms with van der Waals surface area (Å²) in [5.41, 5.74) is 1.96. The third kappa shape index (κ3) is 5.51. The van der Waals surface area contributed by atoms with Gasteiger partial charge in [0.1, 0.15) is 17.0 Å². The lowest BCUT2D eigenvalue weighted by Crippen LogP contribution is -2.46. The molecule has 31 heavy (non-hydrogen) atoms. The molecule has 0 bridgehead atoms. The van der Waals surface area contributed by atoms with Crippen molar-refractivity contribution < 1.29 is 19.2 Å². The number of aromatic nitrogens is 1. The fraction of sp³-hybridized carbons (Fsp3) is 0.261. The highest BCUT2D eigenvalue weighted by Gasteiger charge is 2.23. The SMILES string of the molecule is Cc1onc(-c2ccccc2Cl)c1C(=O)Nc1ccc(CC(=O)NC(C)(C)CO)cc1. The van der Waals surface area contributed by atoms with Gasteiger partial charge in [0.05, 0.1) is 23.6 Å². The summed E-state index contributed by atoms with van der Waals surface area (Å²) < 4.78 is 5.24. The van der Waals surface area contributed by atoms with E-state index in [1.807, 2.05) is 6.07 Å². The molecule has 3 aromatic rings. The van der Waals surface area contributed by atoms with Gasteiger partial charge in [0, 0.05) is 11.3 Å². The van der Waals surface area contributed by atoms with E-state index in [9.17, 15) is 14.7 Å². The summed E-state index contributed by atoms with van der Waals surface area (Å²) in [7, 11) is 0. The molecule has 0 aliphatic heterocycles. The third-order valence-electron chi connectivity index (χ3n) is 4.67. The third-order valence-corrected chi connectivity index (χ3v) is 5.00. The van der Waals surface area contributed by atoms with Gasteiger partial charge in [-0.3, -0.25) is 9.59 Å². The summed E-state index contributed by atoms with van der Waals surface area (Å²) in [5.74, 6) is -0.184. The summed E-state index contributed by atoms with van der Waals surface area (Å²) in [5, 5.41) is 19.3. The number of aliphatic hydroxyl groups is 1. The van der Waals surface area contributed by atoms with Crippen LogP contribution in [0.1, 0.15) is 35.5 Å². The van der Waals surface area contributed by atoms with Crippen LogP contribution in [0.2, 0.25) is 5.02 Å². The molecule has 2 aromatic carbocycles. The van der Waals surface area contributed by atoms with Crippen LogP contribution in [0.15, 0.2) is 53.1 Å². The van der Waals surface area contributed by atoms with Gasteiger partial charge >= 0.3 is 0 Å². The van der Waals surface area contributed by atoms with Gasteiger partial charge in [0.15, 0.2) is 0 Å². The van der Waals surface area contributed by atoms with Crippen molar-refractivity contribution in [3.63, 3.8) is 0 Å². The van der Waals surface area contributed by atoms with E-state index in [0.717, 1.165) is 5.56 Å². The molecule has 0 atom stereocenters. The highest BCUT2D eigenvalue weighted by atomic mass is 35.5. The Bertz CT molecular complexity index is 1090. The number of benzene rings is 2. The van der Waals surface area contributed by atoms with Crippen LogP contribution in [0.4, 0.5) is 5.69 Å². The number of aliphatic hydroxyl groups excluding tert-OH is 1. The first-order valence-electron chi connectivity index (χ1n) is 9.73. The second-order valence-corrected chi connectivity index (χ2v) is 8.27. The normalized spacial score (nSPS) is 11.3. The standard InChI is InChI=1S/C23H24ClN3O4/c1-14-20(21(27-31-14)17-6-4-5-7-18(17)24)22(30)25-16-10-8-15(9-11-16)12-19(29)26-23(2,3)13-28/h4-11,28H,12-13H2,1-3H3,(H,25,30)(H,26,29). The van der Waals surface area contributed by atoms with Crippen LogP contribution in [0.5, 0.6) is 0 Å². The minimum Gasteiger partial charge on any atom is -0.394 e. The molecule has 0 fully saturated rings. The molecule has 2 amide bonds. The van der Waals surface area contributed by atoms with Crippen LogP contribution in [0.3, 0.4) is 0 Å². The predicted molar refractivity (Wildman–Crippen MR) is 119 cm³/mol. The number of amides is 2. The summed E-state index contributed by atoms with van der Waals surface area (Å²) in [6.45, 7) is 5.00. The van der Waals surface area contributed by atoms with E-state index in [1.54, 1.807) is 63.2 Å². The van der Waals surface area contributed by atoms with E-state index < -0.39 is 5.54 Å². The Hall–Kier alpha value is -3.16. The summed E-state index contributed by atoms with van der Waals surface area (Å²) in [4.78, 5) is 25.0. The molecule has 3 N–H and O–H groups in total. The highest BCUT2D eigenvalue weighted by molar-refractivity contribution is 6.33. The maximum Gasteiger partial charge on any atom is 0.261 e. The minimum atomic E-state index is -0.680. The van der Waals surface area contributed by atoms with Crippen molar-refractivity contribution in [2.45, 2.75) is 32.7 Å². The van der Waals surface area contributed by atoms with Crippen molar-refractivity contribution in [1.29, 1.82) is 0 Å². The summed E-state index contributed by atoms with van der Waals surface area (Å²) in [6.07, 6.45) is 0.166. The Kier molecular flexibility index (Phi) is 6.77. The zero-order chi connectivity index (χ0) is 22.6. The van der Waals surface area contributed by atoms with Gasteiger partial charge in [-0.15, -0.1) is 0 Å². The van der Waals surface area contributed by atoms with Crippen molar-refractivity contribution >= 4 is 29.1 Å². The zero-order valence-corrected chi connectivity index (χ0v) is 18.3. The van der Waals surface area contributed by atoms with Gasteiger partial charge in [-0.25, -0.2) is 0 Å². The Morgan fingerprint density at radius 3 is 2.45 bits per heavy atom. The fourth-order valence-corrected chi connectivity index (χ4v) is 3.25. The first-order chi connectivity index (χ1) is 14.7. The van der Waals surface area contributed by atoms with Gasteiger partial charge in [-0.2, -0.15) is 0 Å². The first kappa shape index (κ1) is 22.5. The molecule has 1 heterocycles. The van der Waals surface area contributed by atoms with Crippen LogP contribution in [-0.2, 0) is 11.2 Å². The van der Waals surface area contributed by atoms with Crippen molar-refractivity contribution in [1.82, 2.24) is 10.5 Å². The number of rotatable bonds is 7. The van der Waals surface area contributed by atoms with Gasteiger partial charge in [-0.05, 0) is 44.5 Å². The Morgan fingerprint density at radius 1 is 1.13 bits per heavy atom. The first-order valence-corrected chi connectivity index (χ1v) is 10.1. The lowest BCUT2D eigenvalue weighted by Gasteiger charge is -2.23. The molecule has 162 valence electrons. The van der Waals surface area contributed by atoms with Gasteiger partial charge in [0.2, 0.25) is 5.91 Å². The molecule has 0 aliphatic carbocycles. The number of aryl methyl sites for hydroxylation is 1. The van der Waals surface area contributed by atoms with E-state index in [4.69, 9.17) is 16.1 Å². The van der Waals surface area contributed by atoms with Gasteiger partial charge in [-0.1, -0.05) is 47.1 Å². The number of hydrogen-bond donors (Lipinski definition) is 3. The quantitative estimate of drug-likeness (QED) is 0.514. The molecule has 3 rings (SSSR count).